The zero-order valence-electron chi connectivity index (χ0n) is 11.2. The van der Waals surface area contributed by atoms with E-state index in [1.807, 2.05) is 0 Å². The molecule has 0 heterocycles. The Labute approximate surface area is 99.9 Å². The van der Waals surface area contributed by atoms with Gasteiger partial charge in [0.25, 0.3) is 0 Å². The molecule has 0 radical (unpaired) electrons. The maximum atomic E-state index is 5.86. The third-order valence-corrected chi connectivity index (χ3v) is 3.32. The highest BCUT2D eigenvalue weighted by Gasteiger charge is 2.26. The molecule has 1 saturated carbocycles. The van der Waals surface area contributed by atoms with E-state index >= 15 is 0 Å². The van der Waals surface area contributed by atoms with E-state index in [2.05, 4.69) is 38.0 Å². The Morgan fingerprint density at radius 1 is 1.38 bits per heavy atom. The first-order chi connectivity index (χ1) is 7.39. The van der Waals surface area contributed by atoms with Crippen LogP contribution in [0.25, 0.3) is 0 Å². The number of nitrogens with one attached hydrogen (secondary N) is 1. The number of rotatable bonds is 3. The molecule has 1 aliphatic rings. The largest absolute Gasteiger partial charge is 0.370 e. The second-order valence-electron chi connectivity index (χ2n) is 6.20. The lowest BCUT2D eigenvalue weighted by Gasteiger charge is -2.34. The van der Waals surface area contributed by atoms with E-state index < -0.39 is 0 Å². The van der Waals surface area contributed by atoms with Gasteiger partial charge in [-0.25, -0.2) is 0 Å². The van der Waals surface area contributed by atoms with Gasteiger partial charge in [0.2, 0.25) is 0 Å². The number of nitrogens with zero attached hydrogens (tertiary/aromatic N) is 1. The van der Waals surface area contributed by atoms with Crippen molar-refractivity contribution in [2.45, 2.75) is 59.4 Å². The second-order valence-corrected chi connectivity index (χ2v) is 6.20. The first-order valence-electron chi connectivity index (χ1n) is 6.45. The van der Waals surface area contributed by atoms with Gasteiger partial charge in [-0.15, -0.1) is 0 Å². The summed E-state index contributed by atoms with van der Waals surface area (Å²) in [5, 5.41) is 3.34. The van der Waals surface area contributed by atoms with Crippen molar-refractivity contribution in [3.05, 3.63) is 0 Å². The van der Waals surface area contributed by atoms with Crippen LogP contribution >= 0.6 is 0 Å². The molecule has 0 spiro atoms. The molecule has 0 aromatic heterocycles. The second kappa shape index (κ2) is 5.55. The first-order valence-corrected chi connectivity index (χ1v) is 6.45. The van der Waals surface area contributed by atoms with Gasteiger partial charge in [-0.3, -0.25) is 4.99 Å². The van der Waals surface area contributed by atoms with Gasteiger partial charge in [0.1, 0.15) is 0 Å². The fourth-order valence-electron chi connectivity index (χ4n) is 2.08. The van der Waals surface area contributed by atoms with Crippen LogP contribution in [0.15, 0.2) is 4.99 Å². The van der Waals surface area contributed by atoms with Gasteiger partial charge >= 0.3 is 0 Å². The van der Waals surface area contributed by atoms with Gasteiger partial charge in [-0.2, -0.15) is 0 Å². The summed E-state index contributed by atoms with van der Waals surface area (Å²) in [6.45, 7) is 9.82. The van der Waals surface area contributed by atoms with E-state index in [9.17, 15) is 0 Å². The lowest BCUT2D eigenvalue weighted by molar-refractivity contribution is 0.217. The van der Waals surface area contributed by atoms with E-state index in [1.54, 1.807) is 0 Å². The Kier molecular flexibility index (Phi) is 4.63. The van der Waals surface area contributed by atoms with Crippen LogP contribution in [0, 0.1) is 11.3 Å². The van der Waals surface area contributed by atoms with Crippen molar-refractivity contribution >= 4 is 5.96 Å². The molecule has 3 nitrogen and oxygen atoms in total. The van der Waals surface area contributed by atoms with E-state index in [0.29, 0.717) is 23.3 Å². The zero-order valence-corrected chi connectivity index (χ0v) is 11.2. The Morgan fingerprint density at radius 2 is 1.94 bits per heavy atom. The molecule has 3 heteroatoms. The molecule has 0 bridgehead atoms. The Morgan fingerprint density at radius 3 is 2.44 bits per heavy atom. The van der Waals surface area contributed by atoms with Gasteiger partial charge in [-0.1, -0.05) is 27.7 Å². The average Bonchev–Trinajstić information content (AvgIpc) is 2.18. The standard InChI is InChI=1S/C13H27N3/c1-10(2)9-15-12(14)16-11-5-7-13(3,4)8-6-11/h10-11H,5-9H2,1-4H3,(H3,14,15,16). The third kappa shape index (κ3) is 4.86. The van der Waals surface area contributed by atoms with Crippen molar-refractivity contribution in [2.75, 3.05) is 6.54 Å². The summed E-state index contributed by atoms with van der Waals surface area (Å²) in [5.74, 6) is 1.20. The summed E-state index contributed by atoms with van der Waals surface area (Å²) in [6.07, 6.45) is 4.99. The van der Waals surface area contributed by atoms with Crippen LogP contribution in [0.4, 0.5) is 0 Å². The van der Waals surface area contributed by atoms with Gasteiger partial charge < -0.3 is 11.1 Å². The minimum absolute atomic E-state index is 0.516. The van der Waals surface area contributed by atoms with Crippen molar-refractivity contribution in [3.8, 4) is 0 Å². The van der Waals surface area contributed by atoms with Gasteiger partial charge in [0, 0.05) is 12.6 Å². The normalized spacial score (nSPS) is 22.4. The van der Waals surface area contributed by atoms with Crippen molar-refractivity contribution < 1.29 is 0 Å². The van der Waals surface area contributed by atoms with E-state index in [0.717, 1.165) is 6.54 Å². The predicted octanol–water partition coefficient (Wildman–Crippen LogP) is 2.52. The number of aliphatic imine (C=N–C) groups is 1. The lowest BCUT2D eigenvalue weighted by Crippen LogP contribution is -2.43. The maximum Gasteiger partial charge on any atom is 0.188 e. The van der Waals surface area contributed by atoms with Crippen molar-refractivity contribution in [1.82, 2.24) is 5.32 Å². The van der Waals surface area contributed by atoms with Crippen LogP contribution in [0.3, 0.4) is 0 Å². The number of nitrogens with two attached hydrogens (primary N) is 1. The molecule has 0 unspecified atom stereocenters. The van der Waals surface area contributed by atoms with Crippen molar-refractivity contribution in [2.24, 2.45) is 22.1 Å². The topological polar surface area (TPSA) is 50.4 Å². The monoisotopic (exact) mass is 225 g/mol. The predicted molar refractivity (Wildman–Crippen MR) is 70.5 cm³/mol. The number of hydrogen-bond donors (Lipinski definition) is 2. The quantitative estimate of drug-likeness (QED) is 0.573. The average molecular weight is 225 g/mol. The molecule has 0 aliphatic heterocycles. The molecule has 94 valence electrons. The highest BCUT2D eigenvalue weighted by molar-refractivity contribution is 5.78. The lowest BCUT2D eigenvalue weighted by atomic mass is 9.76. The third-order valence-electron chi connectivity index (χ3n) is 3.32. The number of hydrogen-bond acceptors (Lipinski definition) is 1. The molecule has 1 fully saturated rings. The van der Waals surface area contributed by atoms with Crippen molar-refractivity contribution in [3.63, 3.8) is 0 Å². The summed E-state index contributed by atoms with van der Waals surface area (Å²) in [7, 11) is 0. The highest BCUT2D eigenvalue weighted by atomic mass is 15.1. The molecular formula is C13H27N3. The molecule has 0 aromatic carbocycles. The van der Waals surface area contributed by atoms with Crippen LogP contribution in [-0.2, 0) is 0 Å². The smallest absolute Gasteiger partial charge is 0.188 e. The molecular weight excluding hydrogens is 198 g/mol. The molecule has 3 N–H and O–H groups in total. The molecule has 0 saturated heterocycles. The van der Waals surface area contributed by atoms with Gasteiger partial charge in [0.05, 0.1) is 0 Å². The summed E-state index contributed by atoms with van der Waals surface area (Å²) >= 11 is 0. The summed E-state index contributed by atoms with van der Waals surface area (Å²) in [6, 6.07) is 0.531. The molecule has 1 rings (SSSR count). The van der Waals surface area contributed by atoms with Crippen LogP contribution in [0.5, 0.6) is 0 Å². The Balaban J connectivity index is 2.30. The van der Waals surface area contributed by atoms with E-state index in [1.165, 1.54) is 25.7 Å². The van der Waals surface area contributed by atoms with Crippen LogP contribution in [0.1, 0.15) is 53.4 Å². The van der Waals surface area contributed by atoms with Crippen LogP contribution < -0.4 is 11.1 Å². The summed E-state index contributed by atoms with van der Waals surface area (Å²) in [5.41, 5.74) is 6.38. The minimum Gasteiger partial charge on any atom is -0.370 e. The van der Waals surface area contributed by atoms with Gasteiger partial charge in [-0.05, 0) is 37.0 Å². The molecule has 16 heavy (non-hydrogen) atoms. The molecule has 1 aliphatic carbocycles. The maximum absolute atomic E-state index is 5.86. The number of guanidine groups is 1. The fourth-order valence-corrected chi connectivity index (χ4v) is 2.08. The molecule has 0 amide bonds. The molecule has 0 aromatic rings. The minimum atomic E-state index is 0.516. The fraction of sp³-hybridized carbons (Fsp3) is 0.923. The zero-order chi connectivity index (χ0) is 12.2. The summed E-state index contributed by atoms with van der Waals surface area (Å²) < 4.78 is 0. The first kappa shape index (κ1) is 13.3. The van der Waals surface area contributed by atoms with Crippen LogP contribution in [0.2, 0.25) is 0 Å². The van der Waals surface area contributed by atoms with Crippen LogP contribution in [-0.4, -0.2) is 18.5 Å². The summed E-state index contributed by atoms with van der Waals surface area (Å²) in [4.78, 5) is 4.34. The van der Waals surface area contributed by atoms with E-state index in [4.69, 9.17) is 5.73 Å². The van der Waals surface area contributed by atoms with Crippen molar-refractivity contribution in [1.29, 1.82) is 0 Å². The SMILES string of the molecule is CC(C)CN=C(N)NC1CCC(C)(C)CC1. The Bertz CT molecular complexity index is 234. The van der Waals surface area contributed by atoms with E-state index in [-0.39, 0.29) is 0 Å². The molecule has 0 atom stereocenters. The van der Waals surface area contributed by atoms with Gasteiger partial charge in [0.15, 0.2) is 5.96 Å². The Hall–Kier alpha value is -0.730. The highest BCUT2D eigenvalue weighted by Crippen LogP contribution is 2.34.